The Labute approximate surface area is 160 Å². The fraction of sp³-hybridized carbons (Fsp3) is 0.364. The largest absolute Gasteiger partial charge is 0.344 e. The average molecular weight is 381 g/mol. The van der Waals surface area contributed by atoms with Crippen LogP contribution in [-0.2, 0) is 29.5 Å². The molecule has 1 fully saturated rings. The number of aromatic nitrogens is 1. The molecule has 27 heavy (non-hydrogen) atoms. The van der Waals surface area contributed by atoms with E-state index >= 15 is 0 Å². The van der Waals surface area contributed by atoms with Crippen LogP contribution in [0.2, 0.25) is 0 Å². The molecule has 2 aromatic carbocycles. The molecule has 4 nitrogen and oxygen atoms in total. The SMILES string of the molecule is Cc1ccc(S(=O)(=O)N2CCc3c(c4ccccc4n3CC3CC3)C2)cc1. The number of hydrogen-bond donors (Lipinski definition) is 0. The van der Waals surface area contributed by atoms with Crippen LogP contribution in [0.1, 0.15) is 29.7 Å². The number of hydrogen-bond acceptors (Lipinski definition) is 2. The number of benzene rings is 2. The van der Waals surface area contributed by atoms with Gasteiger partial charge in [-0.15, -0.1) is 0 Å². The lowest BCUT2D eigenvalue weighted by molar-refractivity contribution is 0.385. The smallest absolute Gasteiger partial charge is 0.243 e. The summed E-state index contributed by atoms with van der Waals surface area (Å²) in [5.74, 6) is 0.791. The van der Waals surface area contributed by atoms with Gasteiger partial charge in [0.2, 0.25) is 10.0 Å². The quantitative estimate of drug-likeness (QED) is 0.684. The third-order valence-corrected chi connectivity index (χ3v) is 7.78. The van der Waals surface area contributed by atoms with Crippen LogP contribution in [0.4, 0.5) is 0 Å². The topological polar surface area (TPSA) is 42.3 Å². The van der Waals surface area contributed by atoms with Crippen molar-refractivity contribution < 1.29 is 8.42 Å². The first-order valence-electron chi connectivity index (χ1n) is 9.70. The van der Waals surface area contributed by atoms with E-state index in [1.807, 2.05) is 19.1 Å². The maximum absolute atomic E-state index is 13.2. The molecule has 0 radical (unpaired) electrons. The molecule has 0 atom stereocenters. The number of fused-ring (bicyclic) bond motifs is 3. The number of nitrogens with zero attached hydrogens (tertiary/aromatic N) is 2. The molecular weight excluding hydrogens is 356 g/mol. The Morgan fingerprint density at radius 2 is 1.78 bits per heavy atom. The second kappa shape index (κ2) is 6.21. The van der Waals surface area contributed by atoms with Crippen LogP contribution in [0.3, 0.4) is 0 Å². The van der Waals surface area contributed by atoms with Crippen LogP contribution in [0, 0.1) is 12.8 Å². The molecule has 2 heterocycles. The Hall–Kier alpha value is -2.11. The van der Waals surface area contributed by atoms with Crippen LogP contribution in [0.25, 0.3) is 10.9 Å². The minimum absolute atomic E-state index is 0.387. The van der Waals surface area contributed by atoms with Crippen LogP contribution in [-0.4, -0.2) is 23.8 Å². The van der Waals surface area contributed by atoms with Gasteiger partial charge in [0.25, 0.3) is 0 Å². The van der Waals surface area contributed by atoms with E-state index < -0.39 is 10.0 Å². The Morgan fingerprint density at radius 3 is 2.52 bits per heavy atom. The van der Waals surface area contributed by atoms with Gasteiger partial charge in [-0.05, 0) is 49.4 Å². The lowest BCUT2D eigenvalue weighted by atomic mass is 10.1. The predicted octanol–water partition coefficient (Wildman–Crippen LogP) is 4.11. The zero-order valence-electron chi connectivity index (χ0n) is 15.6. The summed E-state index contributed by atoms with van der Waals surface area (Å²) in [5, 5.41) is 1.21. The molecule has 1 aromatic heterocycles. The first kappa shape index (κ1) is 17.0. The summed E-state index contributed by atoms with van der Waals surface area (Å²) in [7, 11) is -3.47. The van der Waals surface area contributed by atoms with Gasteiger partial charge < -0.3 is 4.57 Å². The van der Waals surface area contributed by atoms with Gasteiger partial charge in [0.05, 0.1) is 4.90 Å². The summed E-state index contributed by atoms with van der Waals surface area (Å²) in [6.45, 7) is 4.05. The molecule has 0 amide bonds. The van der Waals surface area contributed by atoms with Crippen molar-refractivity contribution in [3.63, 3.8) is 0 Å². The first-order chi connectivity index (χ1) is 13.0. The molecular formula is C22H24N2O2S. The molecule has 0 saturated heterocycles. The molecule has 0 unspecified atom stereocenters. The van der Waals surface area contributed by atoms with Crippen LogP contribution in [0.5, 0.6) is 0 Å². The van der Waals surface area contributed by atoms with Crippen LogP contribution >= 0.6 is 0 Å². The van der Waals surface area contributed by atoms with Crippen molar-refractivity contribution in [3.05, 3.63) is 65.4 Å². The summed E-state index contributed by atoms with van der Waals surface area (Å²) in [6, 6.07) is 15.6. The molecule has 3 aromatic rings. The van der Waals surface area contributed by atoms with E-state index in [9.17, 15) is 8.42 Å². The molecule has 1 aliphatic heterocycles. The molecule has 0 spiro atoms. The standard InChI is InChI=1S/C22H24N2O2S/c1-16-6-10-18(11-7-16)27(25,26)23-13-12-22-20(15-23)19-4-2-3-5-21(19)24(22)14-17-8-9-17/h2-7,10-11,17H,8-9,12-15H2,1H3. The van der Waals surface area contributed by atoms with Gasteiger partial charge in [-0.25, -0.2) is 8.42 Å². The minimum atomic E-state index is -3.47. The average Bonchev–Trinajstić information content (AvgIpc) is 3.45. The third-order valence-electron chi connectivity index (χ3n) is 5.92. The number of para-hydroxylation sites is 1. The van der Waals surface area contributed by atoms with E-state index in [4.69, 9.17) is 0 Å². The molecule has 5 rings (SSSR count). The van der Waals surface area contributed by atoms with E-state index in [2.05, 4.69) is 28.8 Å². The fourth-order valence-electron chi connectivity index (χ4n) is 4.21. The van der Waals surface area contributed by atoms with E-state index in [1.165, 1.54) is 35.0 Å². The molecule has 0 N–H and O–H groups in total. The van der Waals surface area contributed by atoms with Crippen molar-refractivity contribution in [3.8, 4) is 0 Å². The summed E-state index contributed by atoms with van der Waals surface area (Å²) in [4.78, 5) is 0.387. The second-order valence-corrected chi connectivity index (χ2v) is 9.84. The summed E-state index contributed by atoms with van der Waals surface area (Å²) in [5.41, 5.74) is 4.84. The Bertz CT molecular complexity index is 1110. The second-order valence-electron chi connectivity index (χ2n) is 7.90. The molecule has 140 valence electrons. The van der Waals surface area contributed by atoms with Crippen molar-refractivity contribution in [2.45, 2.75) is 44.2 Å². The Balaban J connectivity index is 1.55. The molecule has 5 heteroatoms. The normalized spacial score (nSPS) is 18.0. The van der Waals surface area contributed by atoms with Crippen molar-refractivity contribution in [1.29, 1.82) is 0 Å². The molecule has 0 bridgehead atoms. The van der Waals surface area contributed by atoms with Gasteiger partial charge in [-0.2, -0.15) is 4.31 Å². The van der Waals surface area contributed by atoms with Crippen molar-refractivity contribution in [1.82, 2.24) is 8.87 Å². The highest BCUT2D eigenvalue weighted by molar-refractivity contribution is 7.89. The van der Waals surface area contributed by atoms with E-state index in [-0.39, 0.29) is 0 Å². The molecule has 1 aliphatic carbocycles. The molecule has 2 aliphatic rings. The number of sulfonamides is 1. The van der Waals surface area contributed by atoms with Gasteiger partial charge in [0.15, 0.2) is 0 Å². The number of aryl methyl sites for hydroxylation is 1. The molecule has 1 saturated carbocycles. The zero-order valence-corrected chi connectivity index (χ0v) is 16.4. The number of rotatable bonds is 4. The van der Waals surface area contributed by atoms with Crippen LogP contribution in [0.15, 0.2) is 53.4 Å². The highest BCUT2D eigenvalue weighted by Gasteiger charge is 2.33. The van der Waals surface area contributed by atoms with Gasteiger partial charge in [-0.1, -0.05) is 35.9 Å². The fourth-order valence-corrected chi connectivity index (χ4v) is 5.62. The van der Waals surface area contributed by atoms with Crippen molar-refractivity contribution in [2.24, 2.45) is 5.92 Å². The van der Waals surface area contributed by atoms with Crippen molar-refractivity contribution in [2.75, 3.05) is 6.54 Å². The lowest BCUT2D eigenvalue weighted by Gasteiger charge is -2.27. The van der Waals surface area contributed by atoms with Gasteiger partial charge in [0.1, 0.15) is 0 Å². The third kappa shape index (κ3) is 2.89. The van der Waals surface area contributed by atoms with E-state index in [0.717, 1.165) is 24.4 Å². The van der Waals surface area contributed by atoms with E-state index in [1.54, 1.807) is 16.4 Å². The first-order valence-corrected chi connectivity index (χ1v) is 11.1. The van der Waals surface area contributed by atoms with Crippen molar-refractivity contribution >= 4 is 20.9 Å². The Morgan fingerprint density at radius 1 is 1.04 bits per heavy atom. The van der Waals surface area contributed by atoms with Gasteiger partial charge in [-0.3, -0.25) is 0 Å². The predicted molar refractivity (Wildman–Crippen MR) is 107 cm³/mol. The summed E-state index contributed by atoms with van der Waals surface area (Å²) < 4.78 is 30.4. The van der Waals surface area contributed by atoms with Crippen LogP contribution < -0.4 is 0 Å². The van der Waals surface area contributed by atoms with E-state index in [0.29, 0.717) is 18.0 Å². The lowest BCUT2D eigenvalue weighted by Crippen LogP contribution is -2.36. The summed E-state index contributed by atoms with van der Waals surface area (Å²) >= 11 is 0. The highest BCUT2D eigenvalue weighted by Crippen LogP contribution is 2.37. The zero-order chi connectivity index (χ0) is 18.6. The van der Waals surface area contributed by atoms with Gasteiger partial charge >= 0.3 is 0 Å². The monoisotopic (exact) mass is 380 g/mol. The highest BCUT2D eigenvalue weighted by atomic mass is 32.2. The summed E-state index contributed by atoms with van der Waals surface area (Å²) in [6.07, 6.45) is 3.41. The maximum Gasteiger partial charge on any atom is 0.243 e. The maximum atomic E-state index is 13.2. The minimum Gasteiger partial charge on any atom is -0.344 e. The Kier molecular flexibility index (Phi) is 3.92. The van der Waals surface area contributed by atoms with Gasteiger partial charge in [0, 0.05) is 42.7 Å².